The van der Waals surface area contributed by atoms with Gasteiger partial charge in [-0.1, -0.05) is 11.6 Å². The van der Waals surface area contributed by atoms with Gasteiger partial charge < -0.3 is 50.0 Å². The van der Waals surface area contributed by atoms with Gasteiger partial charge in [-0.3, -0.25) is 0 Å². The van der Waals surface area contributed by atoms with Crippen LogP contribution in [0.3, 0.4) is 0 Å². The number of hydrogen-bond donors (Lipinski definition) is 7. The summed E-state index contributed by atoms with van der Waals surface area (Å²) in [4.78, 5) is 0. The molecule has 0 saturated carbocycles. The van der Waals surface area contributed by atoms with E-state index in [1.807, 2.05) is 0 Å². The second-order valence-corrected chi connectivity index (χ2v) is 9.26. The lowest BCUT2D eigenvalue weighted by molar-refractivity contribution is -0.310. The minimum absolute atomic E-state index is 0.0932. The molecule has 2 aliphatic heterocycles. The van der Waals surface area contributed by atoms with Gasteiger partial charge in [0.2, 0.25) is 5.75 Å². The molecule has 0 amide bonds. The first-order valence-corrected chi connectivity index (χ1v) is 11.1. The van der Waals surface area contributed by atoms with E-state index in [4.69, 9.17) is 25.8 Å². The van der Waals surface area contributed by atoms with Crippen LogP contribution < -0.4 is 0 Å². The van der Waals surface area contributed by atoms with E-state index in [1.54, 1.807) is 0 Å². The van der Waals surface area contributed by atoms with Crippen molar-refractivity contribution in [1.29, 1.82) is 0 Å². The highest BCUT2D eigenvalue weighted by Gasteiger charge is 2.54. The Morgan fingerprint density at radius 1 is 0.912 bits per heavy atom. The minimum Gasteiger partial charge on any atom is -0.508 e. The fourth-order valence-electron chi connectivity index (χ4n) is 5.44. The molecule has 7 N–H and O–H groups in total. The van der Waals surface area contributed by atoms with E-state index in [1.165, 1.54) is 18.2 Å². The maximum atomic E-state index is 10.8. The summed E-state index contributed by atoms with van der Waals surface area (Å²) >= 11 is 6.45. The lowest BCUT2D eigenvalue weighted by Crippen LogP contribution is -2.60. The first-order valence-electron chi connectivity index (χ1n) is 10.7. The van der Waals surface area contributed by atoms with Crippen molar-refractivity contribution < 1.29 is 50.0 Å². The van der Waals surface area contributed by atoms with Gasteiger partial charge in [-0.25, -0.2) is 0 Å². The number of aliphatic hydroxyl groups excluding tert-OH is 3. The van der Waals surface area contributed by atoms with E-state index in [0.29, 0.717) is 27.8 Å². The summed E-state index contributed by atoms with van der Waals surface area (Å²) in [5, 5.41) is 72.5. The van der Waals surface area contributed by atoms with Gasteiger partial charge in [-0.2, -0.15) is 0 Å². The van der Waals surface area contributed by atoms with Crippen molar-refractivity contribution in [2.75, 3.05) is 6.61 Å². The third-order valence-electron chi connectivity index (χ3n) is 7.00. The molecule has 0 radical (unpaired) electrons. The Hall–Kier alpha value is -2.57. The standard InChI is InChI=1S/C23H21ClO10/c24-10-2-6(26)1-8-7(10)4-12-16-14(8)9-3-11(27)17(28)19(30)15(9)21(16)34-22-20(31)18(29)13(5-25)33-23(22)32-12/h1-3,12-13,18,20-23,25-31H,4-5H2/t12-,13-,18-,20+,21+,22-,23-/m1/s1. The lowest BCUT2D eigenvalue weighted by Gasteiger charge is -2.41. The Balaban J connectivity index is 1.60. The highest BCUT2D eigenvalue weighted by atomic mass is 35.5. The third kappa shape index (κ3) is 2.85. The summed E-state index contributed by atoms with van der Waals surface area (Å²) in [6, 6.07) is 4.17. The van der Waals surface area contributed by atoms with Crippen molar-refractivity contribution in [2.24, 2.45) is 0 Å². The number of phenolic OH excluding ortho intramolecular Hbond substituents is 4. The maximum absolute atomic E-state index is 10.8. The Labute approximate surface area is 197 Å². The zero-order valence-electron chi connectivity index (χ0n) is 17.4. The molecule has 4 aliphatic rings. The smallest absolute Gasteiger partial charge is 0.200 e. The molecule has 10 nitrogen and oxygen atoms in total. The van der Waals surface area contributed by atoms with E-state index in [9.17, 15) is 35.7 Å². The van der Waals surface area contributed by atoms with Gasteiger partial charge in [0.05, 0.1) is 12.7 Å². The molecule has 2 aromatic rings. The van der Waals surface area contributed by atoms with Gasteiger partial charge in [0.25, 0.3) is 0 Å². The van der Waals surface area contributed by atoms with Crippen molar-refractivity contribution >= 4 is 17.2 Å². The van der Waals surface area contributed by atoms with Crippen molar-refractivity contribution in [3.05, 3.63) is 51.0 Å². The molecule has 2 aliphatic carbocycles. The zero-order valence-corrected chi connectivity index (χ0v) is 18.2. The van der Waals surface area contributed by atoms with Crippen LogP contribution in [-0.4, -0.2) is 79.2 Å². The molecule has 180 valence electrons. The number of fused-ring (bicyclic) bond motifs is 6. The van der Waals surface area contributed by atoms with Gasteiger partial charge in [0.15, 0.2) is 17.8 Å². The largest absolute Gasteiger partial charge is 0.508 e. The fraction of sp³-hybridized carbons (Fsp3) is 0.391. The number of aliphatic hydroxyl groups is 3. The van der Waals surface area contributed by atoms with Crippen LogP contribution in [0, 0.1) is 0 Å². The van der Waals surface area contributed by atoms with Crippen molar-refractivity contribution in [3.8, 4) is 23.0 Å². The van der Waals surface area contributed by atoms with Crippen LogP contribution in [0.4, 0.5) is 0 Å². The topological polar surface area (TPSA) is 169 Å². The number of rotatable bonds is 1. The normalized spacial score (nSPS) is 33.6. The number of benzene rings is 2. The van der Waals surface area contributed by atoms with Crippen molar-refractivity contribution in [1.82, 2.24) is 0 Å². The number of ether oxygens (including phenoxy) is 3. The van der Waals surface area contributed by atoms with Crippen molar-refractivity contribution in [3.63, 3.8) is 0 Å². The van der Waals surface area contributed by atoms with E-state index >= 15 is 0 Å². The summed E-state index contributed by atoms with van der Waals surface area (Å²) in [6.07, 6.45) is -7.99. The number of hydrogen-bond acceptors (Lipinski definition) is 10. The number of halogens is 1. The molecular weight excluding hydrogens is 472 g/mol. The second kappa shape index (κ2) is 7.46. The van der Waals surface area contributed by atoms with Crippen molar-refractivity contribution in [2.45, 2.75) is 49.3 Å². The summed E-state index contributed by atoms with van der Waals surface area (Å²) in [5.41, 5.74) is 2.65. The van der Waals surface area contributed by atoms with Crippen LogP contribution in [0.1, 0.15) is 28.4 Å². The first-order chi connectivity index (χ1) is 16.2. The zero-order chi connectivity index (χ0) is 24.0. The molecule has 2 heterocycles. The summed E-state index contributed by atoms with van der Waals surface area (Å²) < 4.78 is 18.1. The fourth-order valence-corrected chi connectivity index (χ4v) is 5.74. The average Bonchev–Trinajstić information content (AvgIpc) is 3.02. The number of aromatic hydroxyl groups is 4. The molecule has 2 fully saturated rings. The Morgan fingerprint density at radius 3 is 2.41 bits per heavy atom. The SMILES string of the molecule is OC[C@H]1O[C@H]2O[C@@H]3Cc4c(Cl)cc(O)cc4C4=C3[C@@H](O[C@@H]2[C@@H](O)[C@@H]1O)c1c4cc(O)c(O)c1O. The summed E-state index contributed by atoms with van der Waals surface area (Å²) in [6.45, 7) is -0.558. The van der Waals surface area contributed by atoms with Crippen LogP contribution in [0.2, 0.25) is 5.02 Å². The number of phenols is 4. The van der Waals surface area contributed by atoms with E-state index < -0.39 is 66.8 Å². The van der Waals surface area contributed by atoms with Gasteiger partial charge in [0, 0.05) is 22.6 Å². The van der Waals surface area contributed by atoms with E-state index in [0.717, 1.165) is 0 Å². The first kappa shape index (κ1) is 21.9. The van der Waals surface area contributed by atoms with E-state index in [2.05, 4.69) is 0 Å². The van der Waals surface area contributed by atoms with Gasteiger partial charge in [-0.15, -0.1) is 0 Å². The second-order valence-electron chi connectivity index (χ2n) is 8.85. The molecule has 34 heavy (non-hydrogen) atoms. The van der Waals surface area contributed by atoms with Gasteiger partial charge >= 0.3 is 0 Å². The van der Waals surface area contributed by atoms with Crippen LogP contribution in [0.15, 0.2) is 23.8 Å². The summed E-state index contributed by atoms with van der Waals surface area (Å²) in [5.74, 6) is -2.00. The minimum atomic E-state index is -1.49. The molecule has 0 aromatic heterocycles. The average molecular weight is 493 g/mol. The van der Waals surface area contributed by atoms with Crippen LogP contribution in [0.5, 0.6) is 23.0 Å². The molecule has 0 spiro atoms. The molecule has 11 heteroatoms. The van der Waals surface area contributed by atoms with Gasteiger partial charge in [0.1, 0.15) is 36.3 Å². The predicted octanol–water partition coefficient (Wildman–Crippen LogP) is 0.798. The highest BCUT2D eigenvalue weighted by Crippen LogP contribution is 2.59. The predicted molar refractivity (Wildman–Crippen MR) is 115 cm³/mol. The monoisotopic (exact) mass is 492 g/mol. The van der Waals surface area contributed by atoms with Gasteiger partial charge in [-0.05, 0) is 40.5 Å². The lowest BCUT2D eigenvalue weighted by atomic mass is 9.83. The molecule has 6 rings (SSSR count). The third-order valence-corrected chi connectivity index (χ3v) is 7.34. The van der Waals surface area contributed by atoms with Crippen LogP contribution >= 0.6 is 11.6 Å². The summed E-state index contributed by atoms with van der Waals surface area (Å²) in [7, 11) is 0. The molecule has 0 bridgehead atoms. The highest BCUT2D eigenvalue weighted by molar-refractivity contribution is 6.32. The molecule has 2 saturated heterocycles. The van der Waals surface area contributed by atoms with Crippen LogP contribution in [-0.2, 0) is 20.6 Å². The maximum Gasteiger partial charge on any atom is 0.200 e. The Kier molecular flexibility index (Phi) is 4.81. The van der Waals surface area contributed by atoms with E-state index in [-0.39, 0.29) is 22.8 Å². The quantitative estimate of drug-likeness (QED) is 0.282. The Morgan fingerprint density at radius 2 is 1.68 bits per heavy atom. The molecular formula is C23H21ClO10. The molecule has 7 atom stereocenters. The molecule has 0 unspecified atom stereocenters. The molecule has 2 aromatic carbocycles. The Bertz CT molecular complexity index is 1240. The van der Waals surface area contributed by atoms with Crippen LogP contribution in [0.25, 0.3) is 5.57 Å².